The van der Waals surface area contributed by atoms with Crippen molar-refractivity contribution in [3.8, 4) is 11.5 Å². The van der Waals surface area contributed by atoms with Gasteiger partial charge in [0.15, 0.2) is 11.5 Å². The first-order valence-corrected chi connectivity index (χ1v) is 13.1. The van der Waals surface area contributed by atoms with E-state index in [1.165, 1.54) is 49.6 Å². The quantitative estimate of drug-likeness (QED) is 0.273. The zero-order valence-electron chi connectivity index (χ0n) is 19.0. The van der Waals surface area contributed by atoms with E-state index < -0.39 is 27.1 Å². The fraction of sp³-hybridized carbons (Fsp3) is 0.120. The molecular weight excluding hydrogens is 529 g/mol. The molecule has 3 aromatic carbocycles. The maximum Gasteiger partial charge on any atom is 0.339 e. The van der Waals surface area contributed by atoms with Crippen LogP contribution in [0.2, 0.25) is 5.02 Å². The SMILES string of the molecule is COc1ccc(/C=C2\SC(=O)N(Cc3ccc(F)cc3Cl)C2=O)cc1OS(=O)(=O)c1ccc(C)cc1. The fourth-order valence-electron chi connectivity index (χ4n) is 3.33. The first kappa shape index (κ1) is 25.7. The van der Waals surface area contributed by atoms with E-state index in [0.29, 0.717) is 11.1 Å². The fourth-order valence-corrected chi connectivity index (χ4v) is 5.32. The summed E-state index contributed by atoms with van der Waals surface area (Å²) in [5.74, 6) is -0.998. The number of thioether (sulfide) groups is 1. The number of hydrogen-bond donors (Lipinski definition) is 0. The molecule has 0 saturated carbocycles. The number of carbonyl (C=O) groups is 2. The number of ether oxygens (including phenoxy) is 1. The van der Waals surface area contributed by atoms with E-state index in [9.17, 15) is 22.4 Å². The highest BCUT2D eigenvalue weighted by Gasteiger charge is 2.35. The molecule has 0 N–H and O–H groups in total. The van der Waals surface area contributed by atoms with Crippen LogP contribution in [-0.2, 0) is 21.5 Å². The van der Waals surface area contributed by atoms with Gasteiger partial charge < -0.3 is 8.92 Å². The van der Waals surface area contributed by atoms with Crippen molar-refractivity contribution in [2.75, 3.05) is 7.11 Å². The van der Waals surface area contributed by atoms with Crippen molar-refractivity contribution < 1.29 is 31.3 Å². The Hall–Kier alpha value is -3.34. The number of carbonyl (C=O) groups excluding carboxylic acids is 2. The Kier molecular flexibility index (Phi) is 7.39. The van der Waals surface area contributed by atoms with Crippen LogP contribution < -0.4 is 8.92 Å². The second-order valence-electron chi connectivity index (χ2n) is 7.76. The molecule has 36 heavy (non-hydrogen) atoms. The van der Waals surface area contributed by atoms with E-state index >= 15 is 0 Å². The Labute approximate surface area is 216 Å². The maximum atomic E-state index is 13.3. The van der Waals surface area contributed by atoms with Crippen molar-refractivity contribution in [3.63, 3.8) is 0 Å². The molecule has 4 rings (SSSR count). The predicted octanol–water partition coefficient (Wildman–Crippen LogP) is 5.80. The van der Waals surface area contributed by atoms with Crippen LogP contribution in [0.15, 0.2) is 70.5 Å². The first-order chi connectivity index (χ1) is 17.1. The molecule has 1 fully saturated rings. The minimum Gasteiger partial charge on any atom is -0.493 e. The number of amides is 2. The molecule has 186 valence electrons. The Balaban J connectivity index is 1.59. The van der Waals surface area contributed by atoms with Gasteiger partial charge in [-0.05, 0) is 72.3 Å². The third-order valence-corrected chi connectivity index (χ3v) is 7.72. The Morgan fingerprint density at radius 2 is 1.75 bits per heavy atom. The zero-order chi connectivity index (χ0) is 26.0. The van der Waals surface area contributed by atoms with Crippen molar-refractivity contribution in [2.45, 2.75) is 18.4 Å². The summed E-state index contributed by atoms with van der Waals surface area (Å²) >= 11 is 6.76. The van der Waals surface area contributed by atoms with Gasteiger partial charge in [-0.15, -0.1) is 0 Å². The molecule has 1 saturated heterocycles. The molecule has 0 aliphatic carbocycles. The van der Waals surface area contributed by atoms with Crippen molar-refractivity contribution in [2.24, 2.45) is 0 Å². The van der Waals surface area contributed by atoms with E-state index in [1.54, 1.807) is 18.2 Å². The van der Waals surface area contributed by atoms with Gasteiger partial charge in [0.2, 0.25) is 0 Å². The number of nitrogens with zero attached hydrogens (tertiary/aromatic N) is 1. The van der Waals surface area contributed by atoms with Crippen LogP contribution in [-0.4, -0.2) is 31.6 Å². The van der Waals surface area contributed by atoms with Gasteiger partial charge in [0.25, 0.3) is 11.1 Å². The summed E-state index contributed by atoms with van der Waals surface area (Å²) in [5.41, 5.74) is 1.72. The second-order valence-corrected chi connectivity index (χ2v) is 10.7. The average Bonchev–Trinajstić information content (AvgIpc) is 3.08. The van der Waals surface area contributed by atoms with Crippen LogP contribution in [0.1, 0.15) is 16.7 Å². The smallest absolute Gasteiger partial charge is 0.339 e. The Morgan fingerprint density at radius 3 is 2.42 bits per heavy atom. The highest BCUT2D eigenvalue weighted by atomic mass is 35.5. The largest absolute Gasteiger partial charge is 0.493 e. The molecule has 0 bridgehead atoms. The molecule has 0 spiro atoms. The van der Waals surface area contributed by atoms with E-state index in [-0.39, 0.29) is 32.9 Å². The lowest BCUT2D eigenvalue weighted by Crippen LogP contribution is -2.27. The van der Waals surface area contributed by atoms with Crippen LogP contribution in [0.5, 0.6) is 11.5 Å². The van der Waals surface area contributed by atoms with E-state index in [1.807, 2.05) is 6.92 Å². The summed E-state index contributed by atoms with van der Waals surface area (Å²) in [6.45, 7) is 1.71. The number of hydrogen-bond acceptors (Lipinski definition) is 7. The van der Waals surface area contributed by atoms with Crippen molar-refractivity contribution in [3.05, 3.63) is 93.1 Å². The molecule has 0 unspecified atom stereocenters. The van der Waals surface area contributed by atoms with Crippen LogP contribution >= 0.6 is 23.4 Å². The van der Waals surface area contributed by atoms with E-state index in [4.69, 9.17) is 20.5 Å². The van der Waals surface area contributed by atoms with Crippen LogP contribution in [0, 0.1) is 12.7 Å². The normalized spacial score (nSPS) is 15.0. The van der Waals surface area contributed by atoms with Gasteiger partial charge in [0, 0.05) is 5.02 Å². The third-order valence-electron chi connectivity index (χ3n) is 5.21. The van der Waals surface area contributed by atoms with Gasteiger partial charge in [-0.2, -0.15) is 8.42 Å². The van der Waals surface area contributed by atoms with E-state index in [2.05, 4.69) is 0 Å². The summed E-state index contributed by atoms with van der Waals surface area (Å²) in [6.07, 6.45) is 1.45. The van der Waals surface area contributed by atoms with Gasteiger partial charge in [0.1, 0.15) is 10.7 Å². The number of halogens is 2. The molecule has 0 radical (unpaired) electrons. The summed E-state index contributed by atoms with van der Waals surface area (Å²) in [4.78, 5) is 26.5. The molecule has 11 heteroatoms. The maximum absolute atomic E-state index is 13.3. The molecule has 1 aliphatic rings. The highest BCUT2D eigenvalue weighted by Crippen LogP contribution is 2.36. The number of methoxy groups -OCH3 is 1. The minimum atomic E-state index is -4.15. The van der Waals surface area contributed by atoms with Crippen molar-refractivity contribution in [1.82, 2.24) is 4.90 Å². The standard InChI is InChI=1S/C25H19ClFNO6S2/c1-15-3-8-19(9-4-15)36(31,32)34-22-11-16(5-10-21(22)33-2)12-23-24(29)28(25(30)35-23)14-17-6-7-18(27)13-20(17)26/h3-13H,14H2,1-2H3/b23-12-. The van der Waals surface area contributed by atoms with E-state index in [0.717, 1.165) is 28.3 Å². The van der Waals surface area contributed by atoms with Gasteiger partial charge in [-0.1, -0.05) is 41.4 Å². The second kappa shape index (κ2) is 10.3. The number of aryl methyl sites for hydroxylation is 1. The van der Waals surface area contributed by atoms with Gasteiger partial charge >= 0.3 is 10.1 Å². The van der Waals surface area contributed by atoms with Gasteiger partial charge in [-0.25, -0.2) is 4.39 Å². The summed E-state index contributed by atoms with van der Waals surface area (Å²) in [7, 11) is -2.78. The van der Waals surface area contributed by atoms with Crippen molar-refractivity contribution in [1.29, 1.82) is 0 Å². The minimum absolute atomic E-state index is 0.0267. The third kappa shape index (κ3) is 5.56. The molecule has 0 atom stereocenters. The van der Waals surface area contributed by atoms with Gasteiger partial charge in [-0.3, -0.25) is 14.5 Å². The lowest BCUT2D eigenvalue weighted by atomic mass is 10.1. The number of benzene rings is 3. The topological polar surface area (TPSA) is 90.0 Å². The Morgan fingerprint density at radius 1 is 1.03 bits per heavy atom. The molecule has 0 aromatic heterocycles. The monoisotopic (exact) mass is 547 g/mol. The molecule has 2 amide bonds. The molecule has 7 nitrogen and oxygen atoms in total. The zero-order valence-corrected chi connectivity index (χ0v) is 21.4. The molecule has 1 aliphatic heterocycles. The Bertz CT molecular complexity index is 1490. The van der Waals surface area contributed by atoms with Crippen LogP contribution in [0.25, 0.3) is 6.08 Å². The first-order valence-electron chi connectivity index (χ1n) is 10.5. The lowest BCUT2D eigenvalue weighted by Gasteiger charge is -2.13. The summed E-state index contributed by atoms with van der Waals surface area (Å²) in [5, 5.41) is -0.414. The molecule has 3 aromatic rings. The molecular formula is C25H19ClFNO6S2. The predicted molar refractivity (Wildman–Crippen MR) is 135 cm³/mol. The van der Waals surface area contributed by atoms with Crippen LogP contribution in [0.4, 0.5) is 9.18 Å². The molecule has 1 heterocycles. The lowest BCUT2D eigenvalue weighted by molar-refractivity contribution is -0.123. The van der Waals surface area contributed by atoms with Gasteiger partial charge in [0.05, 0.1) is 18.6 Å². The number of rotatable bonds is 7. The summed E-state index contributed by atoms with van der Waals surface area (Å²) in [6, 6.07) is 14.4. The number of imide groups is 1. The van der Waals surface area contributed by atoms with Crippen molar-refractivity contribution >= 4 is 50.7 Å². The highest BCUT2D eigenvalue weighted by molar-refractivity contribution is 8.18. The average molecular weight is 548 g/mol. The summed E-state index contributed by atoms with van der Waals surface area (Å²) < 4.78 is 49.4. The van der Waals surface area contributed by atoms with Crippen LogP contribution in [0.3, 0.4) is 0 Å².